The molecule has 1 aliphatic carbocycles. The Labute approximate surface area is 159 Å². The van der Waals surface area contributed by atoms with Crippen molar-refractivity contribution in [3.05, 3.63) is 12.3 Å². The van der Waals surface area contributed by atoms with Crippen molar-refractivity contribution in [3.63, 3.8) is 0 Å². The van der Waals surface area contributed by atoms with E-state index in [-0.39, 0.29) is 12.5 Å². The molecule has 8 heteroatoms. The van der Waals surface area contributed by atoms with Crippen LogP contribution in [-0.4, -0.2) is 33.2 Å². The Morgan fingerprint density at radius 3 is 2.48 bits per heavy atom. The highest BCUT2D eigenvalue weighted by atomic mass is 16.6. The van der Waals surface area contributed by atoms with E-state index in [1.54, 1.807) is 37.7 Å². The molecule has 1 fully saturated rings. The molecule has 0 aliphatic heterocycles. The van der Waals surface area contributed by atoms with Crippen LogP contribution in [0.1, 0.15) is 72.3 Å². The highest BCUT2D eigenvalue weighted by Crippen LogP contribution is 2.40. The number of carbonyl (C=O) groups excluding carboxylic acids is 3. The van der Waals surface area contributed by atoms with Crippen LogP contribution in [0.3, 0.4) is 0 Å². The number of hydrogen-bond donors (Lipinski definition) is 2. The Bertz CT molecular complexity index is 703. The maximum atomic E-state index is 13.2. The zero-order valence-corrected chi connectivity index (χ0v) is 16.6. The first-order valence-corrected chi connectivity index (χ1v) is 9.50. The van der Waals surface area contributed by atoms with Crippen molar-refractivity contribution in [3.8, 4) is 0 Å². The zero-order valence-electron chi connectivity index (χ0n) is 16.6. The van der Waals surface area contributed by atoms with Gasteiger partial charge in [0.25, 0.3) is 11.7 Å². The number of amides is 2. The smallest absolute Gasteiger partial charge is 0.405 e. The fraction of sp³-hybridized carbons (Fsp3) is 0.684. The van der Waals surface area contributed by atoms with E-state index in [2.05, 4.69) is 10.4 Å². The number of ether oxygens (including phenoxy) is 1. The van der Waals surface area contributed by atoms with Gasteiger partial charge in [0.2, 0.25) is 0 Å². The van der Waals surface area contributed by atoms with Crippen molar-refractivity contribution in [2.24, 2.45) is 11.1 Å². The van der Waals surface area contributed by atoms with Crippen molar-refractivity contribution in [1.29, 1.82) is 0 Å². The SMILES string of the molecule is CCCC[C@@](OC(N)=O)(C(=O)C(=O)Nc1ccnn1C1CCC1)C(C)(C)C. The monoisotopic (exact) mass is 378 g/mol. The van der Waals surface area contributed by atoms with Gasteiger partial charge < -0.3 is 15.8 Å². The van der Waals surface area contributed by atoms with E-state index in [4.69, 9.17) is 10.5 Å². The Morgan fingerprint density at radius 2 is 2.00 bits per heavy atom. The van der Waals surface area contributed by atoms with Gasteiger partial charge in [0, 0.05) is 11.5 Å². The van der Waals surface area contributed by atoms with Gasteiger partial charge in [-0.2, -0.15) is 5.10 Å². The van der Waals surface area contributed by atoms with Crippen LogP contribution in [0.5, 0.6) is 0 Å². The van der Waals surface area contributed by atoms with Gasteiger partial charge in [0.1, 0.15) is 5.82 Å². The van der Waals surface area contributed by atoms with E-state index >= 15 is 0 Å². The standard InChI is InChI=1S/C19H30N4O4/c1-5-6-11-19(18(2,3)4,27-17(20)26)15(24)16(25)22-14-10-12-21-23(14)13-8-7-9-13/h10,12-13H,5-9,11H2,1-4H3,(H2,20,26)(H,22,25)/t19-/m1/s1. The lowest BCUT2D eigenvalue weighted by atomic mass is 9.70. The van der Waals surface area contributed by atoms with Gasteiger partial charge in [-0.15, -0.1) is 0 Å². The van der Waals surface area contributed by atoms with E-state index in [0.717, 1.165) is 25.7 Å². The van der Waals surface area contributed by atoms with Crippen molar-refractivity contribution < 1.29 is 19.1 Å². The van der Waals surface area contributed by atoms with Crippen LogP contribution in [0.15, 0.2) is 12.3 Å². The first-order chi connectivity index (χ1) is 12.6. The predicted octanol–water partition coefficient (Wildman–Crippen LogP) is 3.19. The van der Waals surface area contributed by atoms with E-state index in [1.807, 2.05) is 6.92 Å². The van der Waals surface area contributed by atoms with Gasteiger partial charge in [0.05, 0.1) is 12.2 Å². The lowest BCUT2D eigenvalue weighted by Crippen LogP contribution is -2.57. The van der Waals surface area contributed by atoms with E-state index in [1.165, 1.54) is 0 Å². The third kappa shape index (κ3) is 4.31. The molecule has 1 aliphatic rings. The van der Waals surface area contributed by atoms with E-state index in [0.29, 0.717) is 12.2 Å². The lowest BCUT2D eigenvalue weighted by molar-refractivity contribution is -0.157. The summed E-state index contributed by atoms with van der Waals surface area (Å²) in [7, 11) is 0. The number of rotatable bonds is 8. The highest BCUT2D eigenvalue weighted by molar-refractivity contribution is 6.43. The number of carbonyl (C=O) groups is 3. The average Bonchev–Trinajstić information content (AvgIpc) is 2.95. The first-order valence-electron chi connectivity index (χ1n) is 9.50. The van der Waals surface area contributed by atoms with Crippen LogP contribution in [0.4, 0.5) is 10.6 Å². The number of ketones is 1. The summed E-state index contributed by atoms with van der Waals surface area (Å²) in [6.07, 6.45) is 5.25. The molecule has 0 saturated heterocycles. The van der Waals surface area contributed by atoms with Crippen LogP contribution in [-0.2, 0) is 14.3 Å². The number of anilines is 1. The minimum Gasteiger partial charge on any atom is -0.434 e. The number of aromatic nitrogens is 2. The molecule has 2 amide bonds. The quantitative estimate of drug-likeness (QED) is 0.674. The predicted molar refractivity (Wildman–Crippen MR) is 101 cm³/mol. The second kappa shape index (κ2) is 8.10. The molecule has 8 nitrogen and oxygen atoms in total. The minimum atomic E-state index is -1.62. The number of nitrogens with zero attached hydrogens (tertiary/aromatic N) is 2. The molecule has 0 unspecified atom stereocenters. The molecule has 1 aromatic heterocycles. The van der Waals surface area contributed by atoms with Crippen LogP contribution in [0.25, 0.3) is 0 Å². The third-order valence-electron chi connectivity index (χ3n) is 5.27. The van der Waals surface area contributed by atoms with Gasteiger partial charge >= 0.3 is 6.09 Å². The largest absolute Gasteiger partial charge is 0.434 e. The molecule has 2 rings (SSSR count). The number of primary amides is 1. The van der Waals surface area contributed by atoms with Crippen LogP contribution in [0, 0.1) is 5.41 Å². The number of nitrogens with two attached hydrogens (primary N) is 1. The fourth-order valence-electron chi connectivity index (χ4n) is 3.37. The van der Waals surface area contributed by atoms with Gasteiger partial charge in [0.15, 0.2) is 5.60 Å². The van der Waals surface area contributed by atoms with Crippen LogP contribution >= 0.6 is 0 Å². The van der Waals surface area contributed by atoms with Crippen molar-refractivity contribution >= 4 is 23.6 Å². The molecule has 3 N–H and O–H groups in total. The first kappa shape index (κ1) is 20.9. The summed E-state index contributed by atoms with van der Waals surface area (Å²) in [5, 5.41) is 6.89. The van der Waals surface area contributed by atoms with Crippen molar-refractivity contribution in [2.75, 3.05) is 5.32 Å². The van der Waals surface area contributed by atoms with Crippen molar-refractivity contribution in [2.45, 2.75) is 77.9 Å². The maximum Gasteiger partial charge on any atom is 0.405 e. The molecule has 1 aromatic rings. The molecule has 0 radical (unpaired) electrons. The molecule has 1 atom stereocenters. The number of unbranched alkanes of at least 4 members (excludes halogenated alkanes) is 1. The Morgan fingerprint density at radius 1 is 1.33 bits per heavy atom. The summed E-state index contributed by atoms with van der Waals surface area (Å²) in [5.74, 6) is -1.16. The molecule has 0 spiro atoms. The topological polar surface area (TPSA) is 116 Å². The van der Waals surface area contributed by atoms with Gasteiger partial charge in [-0.05, 0) is 32.1 Å². The molecule has 27 heavy (non-hydrogen) atoms. The summed E-state index contributed by atoms with van der Waals surface area (Å²) in [6, 6.07) is 1.89. The summed E-state index contributed by atoms with van der Waals surface area (Å²) in [5.41, 5.74) is 2.82. The second-order valence-corrected chi connectivity index (χ2v) is 8.13. The zero-order chi connectivity index (χ0) is 20.2. The van der Waals surface area contributed by atoms with Crippen LogP contribution < -0.4 is 11.1 Å². The summed E-state index contributed by atoms with van der Waals surface area (Å²) in [6.45, 7) is 7.24. The number of nitrogens with one attached hydrogen (secondary N) is 1. The summed E-state index contributed by atoms with van der Waals surface area (Å²) in [4.78, 5) is 37.5. The average molecular weight is 378 g/mol. The Hall–Kier alpha value is -2.38. The van der Waals surface area contributed by atoms with E-state index < -0.39 is 28.8 Å². The van der Waals surface area contributed by atoms with Gasteiger partial charge in [-0.1, -0.05) is 34.1 Å². The summed E-state index contributed by atoms with van der Waals surface area (Å²) >= 11 is 0. The molecule has 0 bridgehead atoms. The molecule has 1 saturated carbocycles. The second-order valence-electron chi connectivity index (χ2n) is 8.13. The molecule has 0 aromatic carbocycles. The normalized spacial score (nSPS) is 16.9. The van der Waals surface area contributed by atoms with Crippen LogP contribution in [0.2, 0.25) is 0 Å². The highest BCUT2D eigenvalue weighted by Gasteiger charge is 2.53. The fourth-order valence-corrected chi connectivity index (χ4v) is 3.37. The molecule has 150 valence electrons. The number of Topliss-reactive ketones (excluding diaryl/α,β-unsaturated/α-hetero) is 1. The third-order valence-corrected chi connectivity index (χ3v) is 5.27. The van der Waals surface area contributed by atoms with Gasteiger partial charge in [-0.3, -0.25) is 9.59 Å². The number of hydrogen-bond acceptors (Lipinski definition) is 5. The van der Waals surface area contributed by atoms with E-state index in [9.17, 15) is 14.4 Å². The molecular weight excluding hydrogens is 348 g/mol. The Balaban J connectivity index is 2.29. The van der Waals surface area contributed by atoms with Crippen molar-refractivity contribution in [1.82, 2.24) is 9.78 Å². The Kier molecular flexibility index (Phi) is 6.28. The van der Waals surface area contributed by atoms with Gasteiger partial charge in [-0.25, -0.2) is 9.48 Å². The maximum absolute atomic E-state index is 13.2. The molecular formula is C19H30N4O4. The minimum absolute atomic E-state index is 0.226. The lowest BCUT2D eigenvalue weighted by Gasteiger charge is -2.41. The summed E-state index contributed by atoms with van der Waals surface area (Å²) < 4.78 is 7.05. The molecule has 1 heterocycles.